The van der Waals surface area contributed by atoms with E-state index in [0.29, 0.717) is 31.6 Å². The van der Waals surface area contributed by atoms with Crippen LogP contribution in [-0.4, -0.2) is 52.5 Å². The second-order valence-corrected chi connectivity index (χ2v) is 9.44. The molecule has 168 valence electrons. The molecule has 1 amide bonds. The first-order chi connectivity index (χ1) is 15.0. The molecule has 1 N–H and O–H groups in total. The van der Waals surface area contributed by atoms with Gasteiger partial charge in [-0.3, -0.25) is 4.79 Å². The van der Waals surface area contributed by atoms with E-state index in [4.69, 9.17) is 9.47 Å². The monoisotopic (exact) mass is 446 g/mol. The highest BCUT2D eigenvalue weighted by Crippen LogP contribution is 2.29. The van der Waals surface area contributed by atoms with Crippen LogP contribution in [0.5, 0.6) is 11.5 Å². The van der Waals surface area contributed by atoms with Crippen molar-refractivity contribution in [2.75, 3.05) is 33.9 Å². The van der Waals surface area contributed by atoms with Gasteiger partial charge in [-0.25, -0.2) is 8.42 Å². The molecule has 1 aliphatic rings. The summed E-state index contributed by atoms with van der Waals surface area (Å²) in [4.78, 5) is 12.7. The van der Waals surface area contributed by atoms with Crippen molar-refractivity contribution in [3.63, 3.8) is 0 Å². The first kappa shape index (κ1) is 23.1. The topological polar surface area (TPSA) is 84.9 Å². The molecule has 0 unspecified atom stereocenters. The van der Waals surface area contributed by atoms with Crippen LogP contribution in [0.1, 0.15) is 41.6 Å². The third kappa shape index (κ3) is 5.77. The molecule has 0 bridgehead atoms. The van der Waals surface area contributed by atoms with Crippen LogP contribution in [0, 0.1) is 0 Å². The highest BCUT2D eigenvalue weighted by Gasteiger charge is 2.29. The first-order valence-corrected chi connectivity index (χ1v) is 12.0. The smallest absolute Gasteiger partial charge is 0.251 e. The summed E-state index contributed by atoms with van der Waals surface area (Å²) in [5.74, 6) is 0.715. The third-order valence-corrected chi connectivity index (χ3v) is 7.39. The standard InChI is InChI=1S/C23H30N2O5S/c1-29-20-10-7-18(8-11-20)13-14-24-23(26)19-9-12-21(30-2)22(17-19)31(27,28)25-15-5-3-4-6-16-25/h7-12,17H,3-6,13-16H2,1-2H3,(H,24,26). The molecule has 1 fully saturated rings. The van der Waals surface area contributed by atoms with Crippen molar-refractivity contribution in [2.24, 2.45) is 0 Å². The predicted molar refractivity (Wildman–Crippen MR) is 119 cm³/mol. The molecule has 1 aliphatic heterocycles. The fourth-order valence-corrected chi connectivity index (χ4v) is 5.35. The van der Waals surface area contributed by atoms with Crippen LogP contribution in [0.3, 0.4) is 0 Å². The highest BCUT2D eigenvalue weighted by molar-refractivity contribution is 7.89. The molecule has 0 saturated carbocycles. The van der Waals surface area contributed by atoms with E-state index in [1.165, 1.54) is 17.5 Å². The molecule has 0 spiro atoms. The van der Waals surface area contributed by atoms with E-state index < -0.39 is 10.0 Å². The van der Waals surface area contributed by atoms with Crippen LogP contribution in [-0.2, 0) is 16.4 Å². The van der Waals surface area contributed by atoms with Gasteiger partial charge in [-0.2, -0.15) is 4.31 Å². The molecule has 2 aromatic carbocycles. The summed E-state index contributed by atoms with van der Waals surface area (Å²) in [6, 6.07) is 12.2. The van der Waals surface area contributed by atoms with Crippen LogP contribution in [0.15, 0.2) is 47.4 Å². The number of hydrogen-bond donors (Lipinski definition) is 1. The van der Waals surface area contributed by atoms with Crippen LogP contribution < -0.4 is 14.8 Å². The second-order valence-electron chi connectivity index (χ2n) is 7.54. The van der Waals surface area contributed by atoms with Crippen molar-refractivity contribution in [3.8, 4) is 11.5 Å². The lowest BCUT2D eigenvalue weighted by Gasteiger charge is -2.21. The average molecular weight is 447 g/mol. The summed E-state index contributed by atoms with van der Waals surface area (Å²) < 4.78 is 38.4. The van der Waals surface area contributed by atoms with Crippen molar-refractivity contribution < 1.29 is 22.7 Å². The van der Waals surface area contributed by atoms with E-state index in [2.05, 4.69) is 5.32 Å². The number of amides is 1. The third-order valence-electron chi connectivity index (χ3n) is 5.47. The molecular weight excluding hydrogens is 416 g/mol. The molecule has 1 heterocycles. The van der Waals surface area contributed by atoms with Gasteiger partial charge in [-0.1, -0.05) is 25.0 Å². The number of carbonyl (C=O) groups is 1. The van der Waals surface area contributed by atoms with Crippen molar-refractivity contribution in [2.45, 2.75) is 37.0 Å². The Hall–Kier alpha value is -2.58. The SMILES string of the molecule is COc1ccc(CCNC(=O)c2ccc(OC)c(S(=O)(=O)N3CCCCCC3)c2)cc1. The molecule has 8 heteroatoms. The van der Waals surface area contributed by atoms with Gasteiger partial charge in [0.05, 0.1) is 14.2 Å². The van der Waals surface area contributed by atoms with Gasteiger partial charge in [0.25, 0.3) is 5.91 Å². The van der Waals surface area contributed by atoms with Crippen molar-refractivity contribution in [1.82, 2.24) is 9.62 Å². The quantitative estimate of drug-likeness (QED) is 0.673. The maximum Gasteiger partial charge on any atom is 0.251 e. The summed E-state index contributed by atoms with van der Waals surface area (Å²) in [6.07, 6.45) is 4.39. The predicted octanol–water partition coefficient (Wildman–Crippen LogP) is 3.24. The highest BCUT2D eigenvalue weighted by atomic mass is 32.2. The van der Waals surface area contributed by atoms with Gasteiger partial charge in [0.2, 0.25) is 10.0 Å². The Bertz CT molecular complexity index is 982. The number of hydrogen-bond acceptors (Lipinski definition) is 5. The number of nitrogens with one attached hydrogen (secondary N) is 1. The van der Waals surface area contributed by atoms with Gasteiger partial charge < -0.3 is 14.8 Å². The van der Waals surface area contributed by atoms with E-state index in [1.54, 1.807) is 19.2 Å². The molecule has 0 aromatic heterocycles. The Kier molecular flexibility index (Phi) is 7.92. The minimum atomic E-state index is -3.74. The number of ether oxygens (including phenoxy) is 2. The Morgan fingerprint density at radius 1 is 0.968 bits per heavy atom. The van der Waals surface area contributed by atoms with Crippen LogP contribution in [0.2, 0.25) is 0 Å². The Balaban J connectivity index is 1.71. The number of benzene rings is 2. The summed E-state index contributed by atoms with van der Waals surface area (Å²) in [5.41, 5.74) is 1.36. The first-order valence-electron chi connectivity index (χ1n) is 10.5. The lowest BCUT2D eigenvalue weighted by atomic mass is 10.1. The molecule has 7 nitrogen and oxygen atoms in total. The van der Waals surface area contributed by atoms with Crippen LogP contribution in [0.4, 0.5) is 0 Å². The molecule has 1 saturated heterocycles. The molecule has 0 atom stereocenters. The normalized spacial score (nSPS) is 15.2. The number of nitrogens with zero attached hydrogens (tertiary/aromatic N) is 1. The summed E-state index contributed by atoms with van der Waals surface area (Å²) >= 11 is 0. The Morgan fingerprint density at radius 2 is 1.65 bits per heavy atom. The molecule has 0 radical (unpaired) electrons. The van der Waals surface area contributed by atoms with Crippen molar-refractivity contribution in [1.29, 1.82) is 0 Å². The van der Waals surface area contributed by atoms with E-state index in [9.17, 15) is 13.2 Å². The lowest BCUT2D eigenvalue weighted by molar-refractivity contribution is 0.0954. The summed E-state index contributed by atoms with van der Waals surface area (Å²) in [6.45, 7) is 1.42. The maximum atomic E-state index is 13.2. The van der Waals surface area contributed by atoms with Gasteiger partial charge in [0.1, 0.15) is 16.4 Å². The number of sulfonamides is 1. The zero-order valence-corrected chi connectivity index (χ0v) is 18.9. The van der Waals surface area contributed by atoms with Gasteiger partial charge in [0, 0.05) is 25.2 Å². The van der Waals surface area contributed by atoms with Gasteiger partial charge in [-0.05, 0) is 55.2 Å². The van der Waals surface area contributed by atoms with Gasteiger partial charge in [0.15, 0.2) is 0 Å². The Morgan fingerprint density at radius 3 is 2.26 bits per heavy atom. The second kappa shape index (κ2) is 10.6. The zero-order valence-electron chi connectivity index (χ0n) is 18.1. The Labute approximate surface area is 184 Å². The average Bonchev–Trinajstić information content (AvgIpc) is 3.09. The van der Waals surface area contributed by atoms with Crippen LogP contribution in [0.25, 0.3) is 0 Å². The molecule has 2 aromatic rings. The molecule has 3 rings (SSSR count). The number of rotatable bonds is 8. The lowest BCUT2D eigenvalue weighted by Crippen LogP contribution is -2.32. The van der Waals surface area contributed by atoms with E-state index in [1.807, 2.05) is 24.3 Å². The van der Waals surface area contributed by atoms with Gasteiger partial charge >= 0.3 is 0 Å². The van der Waals surface area contributed by atoms with Crippen molar-refractivity contribution in [3.05, 3.63) is 53.6 Å². The number of carbonyl (C=O) groups excluding carboxylic acids is 1. The zero-order chi connectivity index (χ0) is 22.3. The summed E-state index contributed by atoms with van der Waals surface area (Å²) in [5, 5.41) is 2.86. The van der Waals surface area contributed by atoms with E-state index in [0.717, 1.165) is 37.0 Å². The number of methoxy groups -OCH3 is 2. The molecular formula is C23H30N2O5S. The van der Waals surface area contributed by atoms with Gasteiger partial charge in [-0.15, -0.1) is 0 Å². The fraction of sp³-hybridized carbons (Fsp3) is 0.435. The van der Waals surface area contributed by atoms with Crippen molar-refractivity contribution >= 4 is 15.9 Å². The molecule has 0 aliphatic carbocycles. The van der Waals surface area contributed by atoms with E-state index >= 15 is 0 Å². The largest absolute Gasteiger partial charge is 0.497 e. The minimum Gasteiger partial charge on any atom is -0.497 e. The maximum absolute atomic E-state index is 13.2. The van der Waals surface area contributed by atoms with Crippen LogP contribution >= 0.6 is 0 Å². The molecule has 31 heavy (non-hydrogen) atoms. The fourth-order valence-electron chi connectivity index (χ4n) is 3.66. The van der Waals surface area contributed by atoms with E-state index in [-0.39, 0.29) is 16.6 Å². The minimum absolute atomic E-state index is 0.0414. The summed E-state index contributed by atoms with van der Waals surface area (Å²) in [7, 11) is -0.685.